The fraction of sp³-hybridized carbons (Fsp3) is 0.263. The molecule has 2 aromatic carbocycles. The SMILES string of the molecule is CCOc1ccc(C(=O)OCC(=O)Nc2cccc(C(F)(F)F)c2)cc1OC. The molecule has 0 aromatic heterocycles. The number of methoxy groups -OCH3 is 1. The normalized spacial score (nSPS) is 10.9. The highest BCUT2D eigenvalue weighted by Crippen LogP contribution is 2.31. The highest BCUT2D eigenvalue weighted by molar-refractivity contribution is 5.95. The van der Waals surface area contributed by atoms with Crippen LogP contribution in [-0.2, 0) is 15.7 Å². The molecule has 1 N–H and O–H groups in total. The lowest BCUT2D eigenvalue weighted by Gasteiger charge is -2.11. The van der Waals surface area contributed by atoms with Gasteiger partial charge >= 0.3 is 12.1 Å². The highest BCUT2D eigenvalue weighted by atomic mass is 19.4. The minimum Gasteiger partial charge on any atom is -0.493 e. The number of esters is 1. The van der Waals surface area contributed by atoms with Crippen molar-refractivity contribution in [2.24, 2.45) is 0 Å². The van der Waals surface area contributed by atoms with Gasteiger partial charge in [0.25, 0.3) is 5.91 Å². The third-order valence-corrected chi connectivity index (χ3v) is 3.51. The van der Waals surface area contributed by atoms with Crippen molar-refractivity contribution >= 4 is 17.6 Å². The molecule has 0 unspecified atom stereocenters. The highest BCUT2D eigenvalue weighted by Gasteiger charge is 2.30. The lowest BCUT2D eigenvalue weighted by Crippen LogP contribution is -2.21. The van der Waals surface area contributed by atoms with Crippen LogP contribution in [0.1, 0.15) is 22.8 Å². The van der Waals surface area contributed by atoms with Crippen LogP contribution in [0.4, 0.5) is 18.9 Å². The lowest BCUT2D eigenvalue weighted by molar-refractivity contribution is -0.137. The van der Waals surface area contributed by atoms with Gasteiger partial charge in [-0.1, -0.05) is 6.07 Å². The Kier molecular flexibility index (Phi) is 6.86. The third kappa shape index (κ3) is 5.63. The van der Waals surface area contributed by atoms with Crippen molar-refractivity contribution in [3.8, 4) is 11.5 Å². The number of ether oxygens (including phenoxy) is 3. The molecular formula is C19H18F3NO5. The Morgan fingerprint density at radius 1 is 1.07 bits per heavy atom. The number of carbonyl (C=O) groups is 2. The predicted molar refractivity (Wildman–Crippen MR) is 94.5 cm³/mol. The van der Waals surface area contributed by atoms with E-state index in [1.54, 1.807) is 6.92 Å². The van der Waals surface area contributed by atoms with E-state index in [2.05, 4.69) is 5.32 Å². The summed E-state index contributed by atoms with van der Waals surface area (Å²) in [4.78, 5) is 23.9. The number of hydrogen-bond acceptors (Lipinski definition) is 5. The molecule has 0 heterocycles. The van der Waals surface area contributed by atoms with Crippen LogP contribution in [0.2, 0.25) is 0 Å². The van der Waals surface area contributed by atoms with E-state index in [1.165, 1.54) is 31.4 Å². The zero-order valence-electron chi connectivity index (χ0n) is 15.1. The summed E-state index contributed by atoms with van der Waals surface area (Å²) in [6.07, 6.45) is -4.53. The van der Waals surface area contributed by atoms with Crippen molar-refractivity contribution in [2.45, 2.75) is 13.1 Å². The van der Waals surface area contributed by atoms with Gasteiger partial charge in [-0.05, 0) is 43.3 Å². The Labute approximate surface area is 159 Å². The summed E-state index contributed by atoms with van der Waals surface area (Å²) < 4.78 is 53.4. The number of anilines is 1. The first-order valence-corrected chi connectivity index (χ1v) is 8.19. The molecule has 0 atom stereocenters. The number of carbonyl (C=O) groups excluding carboxylic acids is 2. The molecule has 6 nitrogen and oxygen atoms in total. The van der Waals surface area contributed by atoms with Gasteiger partial charge in [-0.3, -0.25) is 4.79 Å². The maximum absolute atomic E-state index is 12.7. The molecule has 0 aliphatic carbocycles. The van der Waals surface area contributed by atoms with E-state index in [1.807, 2.05) is 0 Å². The molecule has 0 aliphatic rings. The number of rotatable bonds is 7. The Hall–Kier alpha value is -3.23. The van der Waals surface area contributed by atoms with E-state index >= 15 is 0 Å². The number of nitrogens with one attached hydrogen (secondary N) is 1. The summed E-state index contributed by atoms with van der Waals surface area (Å²) in [5.74, 6) is -0.792. The second-order valence-electron chi connectivity index (χ2n) is 5.50. The van der Waals surface area contributed by atoms with Crippen LogP contribution in [0.5, 0.6) is 11.5 Å². The fourth-order valence-corrected chi connectivity index (χ4v) is 2.25. The van der Waals surface area contributed by atoms with Crippen molar-refractivity contribution in [3.63, 3.8) is 0 Å². The van der Waals surface area contributed by atoms with Gasteiger partial charge in [0.05, 0.1) is 24.8 Å². The van der Waals surface area contributed by atoms with E-state index in [0.717, 1.165) is 18.2 Å². The summed E-state index contributed by atoms with van der Waals surface area (Å²) >= 11 is 0. The van der Waals surface area contributed by atoms with Crippen LogP contribution in [-0.4, -0.2) is 32.2 Å². The lowest BCUT2D eigenvalue weighted by atomic mass is 10.2. The largest absolute Gasteiger partial charge is 0.493 e. The summed E-state index contributed by atoms with van der Waals surface area (Å²) in [5.41, 5.74) is -0.824. The van der Waals surface area contributed by atoms with E-state index in [-0.39, 0.29) is 11.3 Å². The summed E-state index contributed by atoms with van der Waals surface area (Å²) in [7, 11) is 1.41. The Bertz CT molecular complexity index is 852. The van der Waals surface area contributed by atoms with E-state index in [0.29, 0.717) is 18.1 Å². The topological polar surface area (TPSA) is 73.9 Å². The zero-order chi connectivity index (χ0) is 20.7. The summed E-state index contributed by atoms with van der Waals surface area (Å²) in [6.45, 7) is 1.55. The summed E-state index contributed by atoms with van der Waals surface area (Å²) in [6, 6.07) is 8.51. The molecule has 0 bridgehead atoms. The molecule has 0 saturated carbocycles. The van der Waals surface area contributed by atoms with Crippen LogP contribution in [0.25, 0.3) is 0 Å². The molecule has 1 amide bonds. The van der Waals surface area contributed by atoms with E-state index in [4.69, 9.17) is 14.2 Å². The molecule has 0 aliphatic heterocycles. The van der Waals surface area contributed by atoms with Gasteiger partial charge in [-0.25, -0.2) is 4.79 Å². The molecule has 28 heavy (non-hydrogen) atoms. The second kappa shape index (κ2) is 9.12. The quantitative estimate of drug-likeness (QED) is 0.717. The first kappa shape index (κ1) is 21.1. The number of alkyl halides is 3. The molecular weight excluding hydrogens is 379 g/mol. The molecule has 2 aromatic rings. The molecule has 2 rings (SSSR count). The molecule has 150 valence electrons. The molecule has 0 spiro atoms. The number of amides is 1. The minimum absolute atomic E-state index is 0.0568. The smallest absolute Gasteiger partial charge is 0.416 e. The van der Waals surface area contributed by atoms with Crippen molar-refractivity contribution in [1.82, 2.24) is 0 Å². The van der Waals surface area contributed by atoms with E-state index in [9.17, 15) is 22.8 Å². The average molecular weight is 397 g/mol. The van der Waals surface area contributed by atoms with Crippen LogP contribution in [0, 0.1) is 0 Å². The summed E-state index contributed by atoms with van der Waals surface area (Å²) in [5, 5.41) is 2.25. The maximum atomic E-state index is 12.7. The average Bonchev–Trinajstić information content (AvgIpc) is 2.66. The van der Waals surface area contributed by atoms with Crippen molar-refractivity contribution in [2.75, 3.05) is 25.6 Å². The van der Waals surface area contributed by atoms with Crippen LogP contribution < -0.4 is 14.8 Å². The maximum Gasteiger partial charge on any atom is 0.416 e. The first-order valence-electron chi connectivity index (χ1n) is 8.19. The van der Waals surface area contributed by atoms with Crippen LogP contribution in [0.15, 0.2) is 42.5 Å². The molecule has 0 saturated heterocycles. The van der Waals surface area contributed by atoms with E-state index < -0.39 is 30.2 Å². The van der Waals surface area contributed by atoms with Crippen molar-refractivity contribution in [3.05, 3.63) is 53.6 Å². The van der Waals surface area contributed by atoms with Gasteiger partial charge in [0, 0.05) is 5.69 Å². The van der Waals surface area contributed by atoms with Gasteiger partial charge in [-0.15, -0.1) is 0 Å². The van der Waals surface area contributed by atoms with Gasteiger partial charge in [0.2, 0.25) is 0 Å². The first-order chi connectivity index (χ1) is 13.2. The van der Waals surface area contributed by atoms with Crippen LogP contribution >= 0.6 is 0 Å². The standard InChI is InChI=1S/C19H18F3NO5/c1-3-27-15-8-7-12(9-16(15)26-2)18(25)28-11-17(24)23-14-6-4-5-13(10-14)19(20,21)22/h4-10H,3,11H2,1-2H3,(H,23,24). The monoisotopic (exact) mass is 397 g/mol. The van der Waals surface area contributed by atoms with Gasteiger partial charge < -0.3 is 19.5 Å². The molecule has 9 heteroatoms. The van der Waals surface area contributed by atoms with Gasteiger partial charge in [-0.2, -0.15) is 13.2 Å². The van der Waals surface area contributed by atoms with Crippen molar-refractivity contribution in [1.29, 1.82) is 0 Å². The Morgan fingerprint density at radius 2 is 1.82 bits per heavy atom. The zero-order valence-corrected chi connectivity index (χ0v) is 15.1. The fourth-order valence-electron chi connectivity index (χ4n) is 2.25. The second-order valence-corrected chi connectivity index (χ2v) is 5.50. The predicted octanol–water partition coefficient (Wildman–Crippen LogP) is 3.91. The minimum atomic E-state index is -4.53. The van der Waals surface area contributed by atoms with Crippen molar-refractivity contribution < 1.29 is 37.0 Å². The Morgan fingerprint density at radius 3 is 2.46 bits per heavy atom. The Balaban J connectivity index is 1.96. The number of benzene rings is 2. The van der Waals surface area contributed by atoms with Crippen LogP contribution in [0.3, 0.4) is 0 Å². The number of halogens is 3. The van der Waals surface area contributed by atoms with Gasteiger partial charge in [0.15, 0.2) is 18.1 Å². The molecule has 0 fully saturated rings. The molecule has 0 radical (unpaired) electrons. The van der Waals surface area contributed by atoms with Gasteiger partial charge in [0.1, 0.15) is 0 Å². The number of hydrogen-bond donors (Lipinski definition) is 1. The third-order valence-electron chi connectivity index (χ3n) is 3.51.